The molecule has 3 aliphatic carbocycles. The zero-order valence-corrected chi connectivity index (χ0v) is 16.7. The Hall–Kier alpha value is 0.0382. The molecule has 0 N–H and O–H groups in total. The van der Waals surface area contributed by atoms with Crippen LogP contribution in [0.2, 0.25) is 11.6 Å². The third-order valence-corrected chi connectivity index (χ3v) is 15.8. The topological polar surface area (TPSA) is 0 Å². The van der Waals surface area contributed by atoms with E-state index in [1.807, 2.05) is 0 Å². The van der Waals surface area contributed by atoms with Crippen molar-refractivity contribution in [1.29, 1.82) is 0 Å². The van der Waals surface area contributed by atoms with Crippen molar-refractivity contribution in [2.75, 3.05) is 0 Å². The zero-order valence-electron chi connectivity index (χ0n) is 14.1. The van der Waals surface area contributed by atoms with Crippen LogP contribution in [0.5, 0.6) is 0 Å². The third-order valence-electron chi connectivity index (χ3n) is 5.59. The molecule has 0 spiro atoms. The van der Waals surface area contributed by atoms with Gasteiger partial charge in [-0.3, -0.25) is 0 Å². The second-order valence-electron chi connectivity index (χ2n) is 7.29. The Labute approximate surface area is 145 Å². The summed E-state index contributed by atoms with van der Waals surface area (Å²) in [5.74, 6) is 0. The molecule has 3 atom stereocenters. The van der Waals surface area contributed by atoms with Crippen molar-refractivity contribution >= 4 is 20.2 Å². The fourth-order valence-corrected chi connectivity index (χ4v) is 15.5. The van der Waals surface area contributed by atoms with Crippen LogP contribution in [0.3, 0.4) is 0 Å². The van der Waals surface area contributed by atoms with Gasteiger partial charge in [-0.1, -0.05) is 0 Å². The predicted octanol–water partition coefficient (Wildman–Crippen LogP) is 6.98. The van der Waals surface area contributed by atoms with Gasteiger partial charge in [-0.15, -0.1) is 0 Å². The Morgan fingerprint density at radius 3 is 1.23 bits per heavy atom. The quantitative estimate of drug-likeness (QED) is 0.350. The van der Waals surface area contributed by atoms with Gasteiger partial charge in [-0.25, -0.2) is 0 Å². The Morgan fingerprint density at radius 2 is 0.864 bits per heavy atom. The van der Waals surface area contributed by atoms with Gasteiger partial charge in [0.25, 0.3) is 0 Å². The minimum absolute atomic E-state index is 1.01. The summed E-state index contributed by atoms with van der Waals surface area (Å²) >= 11 is -1.36. The van der Waals surface area contributed by atoms with Crippen LogP contribution < -0.4 is 0 Å². The van der Waals surface area contributed by atoms with Gasteiger partial charge >= 0.3 is 145 Å². The summed E-state index contributed by atoms with van der Waals surface area (Å²) in [6, 6.07) is 0. The molecule has 0 amide bonds. The molecule has 0 saturated heterocycles. The van der Waals surface area contributed by atoms with E-state index in [2.05, 4.69) is 36.5 Å². The average molecular weight is 407 g/mol. The predicted molar refractivity (Wildman–Crippen MR) is 99.8 cm³/mol. The van der Waals surface area contributed by atoms with Gasteiger partial charge in [0.15, 0.2) is 0 Å². The van der Waals surface area contributed by atoms with Crippen molar-refractivity contribution in [3.8, 4) is 0 Å². The van der Waals surface area contributed by atoms with E-state index in [1.165, 1.54) is 77.0 Å². The van der Waals surface area contributed by atoms with E-state index < -0.39 is 20.2 Å². The van der Waals surface area contributed by atoms with Gasteiger partial charge in [0.1, 0.15) is 0 Å². The van der Waals surface area contributed by atoms with Crippen LogP contribution in [0.15, 0.2) is 36.5 Å². The van der Waals surface area contributed by atoms with Crippen LogP contribution >= 0.6 is 0 Å². The molecule has 3 unspecified atom stereocenters. The van der Waals surface area contributed by atoms with E-state index in [9.17, 15) is 0 Å². The minimum atomic E-state index is -1.36. The fraction of sp³-hybridized carbons (Fsp3) is 0.714. The Balaban J connectivity index is 1.82. The molecule has 0 radical (unpaired) electrons. The molecule has 122 valence electrons. The summed E-state index contributed by atoms with van der Waals surface area (Å²) in [5, 5.41) is 0. The van der Waals surface area contributed by atoms with Crippen LogP contribution in [0.1, 0.15) is 77.0 Å². The van der Waals surface area contributed by atoms with Crippen LogP contribution in [-0.4, -0.2) is 20.2 Å². The second kappa shape index (κ2) is 9.36. The van der Waals surface area contributed by atoms with E-state index >= 15 is 0 Å². The molecule has 0 aromatic rings. The van der Waals surface area contributed by atoms with Crippen molar-refractivity contribution < 1.29 is 0 Å². The molecular weight excluding hydrogens is 374 g/mol. The van der Waals surface area contributed by atoms with Crippen molar-refractivity contribution in [3.05, 3.63) is 36.5 Å². The molecule has 0 aromatic heterocycles. The fourth-order valence-electron chi connectivity index (χ4n) is 4.38. The van der Waals surface area contributed by atoms with Crippen LogP contribution in [0.25, 0.3) is 0 Å². The molecular formula is C21H33Sb. The number of allylic oxidation sites excluding steroid dienone is 6. The monoisotopic (exact) mass is 406 g/mol. The maximum absolute atomic E-state index is 2.69. The molecule has 3 aliphatic rings. The third kappa shape index (κ3) is 4.77. The summed E-state index contributed by atoms with van der Waals surface area (Å²) < 4.78 is 3.02. The van der Waals surface area contributed by atoms with E-state index in [0.717, 1.165) is 11.6 Å². The second-order valence-corrected chi connectivity index (χ2v) is 15.5. The van der Waals surface area contributed by atoms with Crippen molar-refractivity contribution in [2.45, 2.75) is 88.6 Å². The molecule has 22 heavy (non-hydrogen) atoms. The van der Waals surface area contributed by atoms with Crippen molar-refractivity contribution in [1.82, 2.24) is 0 Å². The first kappa shape index (κ1) is 16.9. The van der Waals surface area contributed by atoms with Gasteiger partial charge in [0.2, 0.25) is 0 Å². The van der Waals surface area contributed by atoms with E-state index in [0.29, 0.717) is 0 Å². The first-order valence-electron chi connectivity index (χ1n) is 9.72. The Kier molecular flexibility index (Phi) is 7.18. The number of hydrogen-bond donors (Lipinski definition) is 0. The summed E-state index contributed by atoms with van der Waals surface area (Å²) in [7, 11) is 0. The molecule has 0 fully saturated rings. The first-order valence-corrected chi connectivity index (χ1v) is 14.1. The Morgan fingerprint density at radius 1 is 0.500 bits per heavy atom. The van der Waals surface area contributed by atoms with Crippen LogP contribution in [-0.2, 0) is 0 Å². The Bertz CT molecular complexity index is 344. The van der Waals surface area contributed by atoms with Gasteiger partial charge in [-0.2, -0.15) is 0 Å². The van der Waals surface area contributed by atoms with Gasteiger partial charge < -0.3 is 0 Å². The SMILES string of the molecule is C1=C[CH]([Sb]([CH]2C=CCCCC2)[CH]2C=CCCCC2)CCCC1. The van der Waals surface area contributed by atoms with Crippen molar-refractivity contribution in [3.63, 3.8) is 0 Å². The molecule has 0 saturated carbocycles. The maximum atomic E-state index is 2.69. The molecule has 0 bridgehead atoms. The van der Waals surface area contributed by atoms with Crippen LogP contribution in [0.4, 0.5) is 0 Å². The van der Waals surface area contributed by atoms with E-state index in [1.54, 1.807) is 0 Å². The van der Waals surface area contributed by atoms with Gasteiger partial charge in [0, 0.05) is 0 Å². The molecule has 1 heteroatoms. The molecule has 0 aromatic carbocycles. The molecule has 3 rings (SSSR count). The summed E-state index contributed by atoms with van der Waals surface area (Å²) in [5.41, 5.74) is 0. The summed E-state index contributed by atoms with van der Waals surface area (Å²) in [6.45, 7) is 0. The standard InChI is InChI=1S/3C7H11.Sb/c3*1-2-4-6-7-5-3-1;/h3*1-3H,4-7H2;. The number of rotatable bonds is 3. The summed E-state index contributed by atoms with van der Waals surface area (Å²) in [4.78, 5) is 0. The first-order chi connectivity index (χ1) is 10.9. The number of hydrogen-bond acceptors (Lipinski definition) is 0. The van der Waals surface area contributed by atoms with E-state index in [4.69, 9.17) is 0 Å². The van der Waals surface area contributed by atoms with E-state index in [-0.39, 0.29) is 0 Å². The van der Waals surface area contributed by atoms with Gasteiger partial charge in [-0.05, 0) is 0 Å². The summed E-state index contributed by atoms with van der Waals surface area (Å²) in [6.07, 6.45) is 32.9. The zero-order chi connectivity index (χ0) is 15.0. The normalized spacial score (nSPS) is 33.4. The molecule has 0 heterocycles. The molecule has 0 aliphatic heterocycles. The van der Waals surface area contributed by atoms with Crippen LogP contribution in [0, 0.1) is 0 Å². The van der Waals surface area contributed by atoms with Crippen molar-refractivity contribution in [2.24, 2.45) is 0 Å². The van der Waals surface area contributed by atoms with Gasteiger partial charge in [0.05, 0.1) is 0 Å². The average Bonchev–Trinajstić information content (AvgIpc) is 3.04. The molecule has 0 nitrogen and oxygen atoms in total.